The third-order valence-corrected chi connectivity index (χ3v) is 5.93. The van der Waals surface area contributed by atoms with Crippen molar-refractivity contribution in [1.29, 1.82) is 0 Å². The number of nitrogens with one attached hydrogen (secondary N) is 6. The van der Waals surface area contributed by atoms with E-state index in [1.54, 1.807) is 42.5 Å². The molecule has 2 aliphatic rings. The number of amides is 4. The number of benzene rings is 3. The van der Waals surface area contributed by atoms with Crippen LogP contribution >= 0.6 is 0 Å². The molecule has 4 amide bonds. The smallest absolute Gasteiger partial charge is 0.323 e. The zero-order valence-corrected chi connectivity index (χ0v) is 21.5. The number of nitrogens with zero attached hydrogens (tertiary/aromatic N) is 3. The Balaban J connectivity index is 1.23. The molecule has 0 fully saturated rings. The Morgan fingerprint density at radius 2 is 1.15 bits per heavy atom. The first kappa shape index (κ1) is 26.0. The molecular weight excluding hydrogens is 510 g/mol. The Labute approximate surface area is 230 Å². The number of rotatable bonds is 7. The molecule has 10 N–H and O–H groups in total. The van der Waals surface area contributed by atoms with Gasteiger partial charge in [-0.2, -0.15) is 0 Å². The van der Waals surface area contributed by atoms with Gasteiger partial charge in [-0.15, -0.1) is 0 Å². The van der Waals surface area contributed by atoms with Crippen LogP contribution in [0.3, 0.4) is 0 Å². The predicted octanol–water partition coefficient (Wildman–Crippen LogP) is 2.58. The molecule has 204 valence electrons. The lowest BCUT2D eigenvalue weighted by Gasteiger charge is -2.13. The normalized spacial score (nSPS) is 13.7. The number of urea groups is 2. The number of hydrogen-bond donors (Lipinski definition) is 8. The fraction of sp³-hybridized carbons (Fsp3) is 0.148. The highest BCUT2D eigenvalue weighted by Gasteiger charge is 2.13. The van der Waals surface area contributed by atoms with Gasteiger partial charge in [0.25, 0.3) is 0 Å². The molecule has 0 radical (unpaired) electrons. The summed E-state index contributed by atoms with van der Waals surface area (Å²) in [6, 6.07) is 18.4. The minimum absolute atomic E-state index is 0.178. The van der Waals surface area contributed by atoms with E-state index in [1.165, 1.54) is 0 Å². The zero-order valence-electron chi connectivity index (χ0n) is 21.5. The van der Waals surface area contributed by atoms with Crippen molar-refractivity contribution in [3.63, 3.8) is 0 Å². The molecule has 3 aromatic carbocycles. The van der Waals surface area contributed by atoms with E-state index in [-0.39, 0.29) is 5.96 Å². The van der Waals surface area contributed by atoms with Crippen LogP contribution in [0.5, 0.6) is 0 Å². The van der Waals surface area contributed by atoms with Crippen LogP contribution < -0.4 is 43.4 Å². The van der Waals surface area contributed by atoms with E-state index in [9.17, 15) is 9.59 Å². The topological polar surface area (TPSA) is 195 Å². The van der Waals surface area contributed by atoms with Crippen LogP contribution in [0.25, 0.3) is 0 Å². The number of carbonyl (C=O) groups excluding carboxylic acids is 2. The third-order valence-electron chi connectivity index (χ3n) is 5.93. The summed E-state index contributed by atoms with van der Waals surface area (Å²) < 4.78 is 0. The average molecular weight is 540 g/mol. The Bertz CT molecular complexity index is 1490. The maximum atomic E-state index is 12.8. The summed E-state index contributed by atoms with van der Waals surface area (Å²) in [6.07, 6.45) is 0. The summed E-state index contributed by atoms with van der Waals surface area (Å²) in [5.41, 5.74) is 15.2. The summed E-state index contributed by atoms with van der Waals surface area (Å²) in [5, 5.41) is 17.5. The van der Waals surface area contributed by atoms with Gasteiger partial charge in [-0.3, -0.25) is 9.98 Å². The molecule has 40 heavy (non-hydrogen) atoms. The Morgan fingerprint density at radius 3 is 1.62 bits per heavy atom. The van der Waals surface area contributed by atoms with Crippen LogP contribution in [0.15, 0.2) is 81.7 Å². The maximum Gasteiger partial charge on any atom is 0.323 e. The summed E-state index contributed by atoms with van der Waals surface area (Å²) in [7, 11) is 0. The zero-order chi connectivity index (χ0) is 27.9. The summed E-state index contributed by atoms with van der Waals surface area (Å²) in [6.45, 7) is 3.12. The number of amidine groups is 2. The van der Waals surface area contributed by atoms with Crippen molar-refractivity contribution < 1.29 is 9.59 Å². The SMILES string of the molecule is NC(N)=Nc1ccc(NC(=O)Nc2ccc(C3=NCCN3)cc2)cc1NC(=O)Nc1ccc(C2=NCCN2)cc1. The first-order chi connectivity index (χ1) is 19.4. The van der Waals surface area contributed by atoms with Gasteiger partial charge in [-0.05, 0) is 66.7 Å². The highest BCUT2D eigenvalue weighted by molar-refractivity contribution is 6.05. The lowest BCUT2D eigenvalue weighted by atomic mass is 10.2. The van der Waals surface area contributed by atoms with E-state index in [0.717, 1.165) is 49.0 Å². The molecule has 0 bridgehead atoms. The standard InChI is InChI=1S/C27H29N11O2/c28-25(29)37-21-10-9-20(36-26(39)34-18-5-1-16(2-6-18)23-30-11-12-31-23)15-22(21)38-27(40)35-19-7-3-17(4-8-19)24-32-13-14-33-24/h1-10,15H,11-14H2,(H,30,31)(H,32,33)(H4,28,29,37)(H2,34,36,39)(H2,35,38,40). The molecule has 3 aromatic rings. The van der Waals surface area contributed by atoms with Gasteiger partial charge in [0.2, 0.25) is 0 Å². The summed E-state index contributed by atoms with van der Waals surface area (Å²) >= 11 is 0. The van der Waals surface area contributed by atoms with Crippen LogP contribution in [0.1, 0.15) is 11.1 Å². The molecule has 2 heterocycles. The number of anilines is 4. The molecule has 0 aliphatic carbocycles. The molecule has 2 aliphatic heterocycles. The van der Waals surface area contributed by atoms with E-state index in [0.29, 0.717) is 28.4 Å². The highest BCUT2D eigenvalue weighted by atomic mass is 16.2. The minimum Gasteiger partial charge on any atom is -0.370 e. The molecular formula is C27H29N11O2. The molecule has 13 heteroatoms. The van der Waals surface area contributed by atoms with E-state index in [4.69, 9.17) is 11.5 Å². The van der Waals surface area contributed by atoms with Crippen LogP contribution in [-0.4, -0.2) is 55.9 Å². The van der Waals surface area contributed by atoms with Crippen molar-refractivity contribution in [3.05, 3.63) is 77.9 Å². The van der Waals surface area contributed by atoms with Gasteiger partial charge >= 0.3 is 12.1 Å². The molecule has 13 nitrogen and oxygen atoms in total. The number of aliphatic imine (C=N–C) groups is 3. The quantitative estimate of drug-likeness (QED) is 0.168. The van der Waals surface area contributed by atoms with Crippen molar-refractivity contribution in [2.24, 2.45) is 26.4 Å². The van der Waals surface area contributed by atoms with E-state index >= 15 is 0 Å². The van der Waals surface area contributed by atoms with Gasteiger partial charge in [0.05, 0.1) is 24.5 Å². The van der Waals surface area contributed by atoms with Crippen LogP contribution in [-0.2, 0) is 0 Å². The second-order valence-electron chi connectivity index (χ2n) is 8.90. The predicted molar refractivity (Wildman–Crippen MR) is 159 cm³/mol. The largest absolute Gasteiger partial charge is 0.370 e. The molecule has 0 saturated carbocycles. The minimum atomic E-state index is -0.515. The van der Waals surface area contributed by atoms with Crippen molar-refractivity contribution in [3.8, 4) is 0 Å². The number of hydrogen-bond acceptors (Lipinski definition) is 7. The third kappa shape index (κ3) is 6.64. The van der Waals surface area contributed by atoms with Gasteiger partial charge < -0.3 is 43.4 Å². The van der Waals surface area contributed by atoms with E-state index in [1.807, 2.05) is 24.3 Å². The summed E-state index contributed by atoms with van der Waals surface area (Å²) in [4.78, 5) is 38.3. The van der Waals surface area contributed by atoms with Crippen molar-refractivity contribution in [1.82, 2.24) is 10.6 Å². The van der Waals surface area contributed by atoms with Gasteiger partial charge in [0, 0.05) is 41.3 Å². The molecule has 0 unspecified atom stereocenters. The fourth-order valence-corrected chi connectivity index (χ4v) is 4.13. The van der Waals surface area contributed by atoms with E-state index < -0.39 is 12.1 Å². The number of carbonyl (C=O) groups is 2. The highest BCUT2D eigenvalue weighted by Crippen LogP contribution is 2.29. The first-order valence-electron chi connectivity index (χ1n) is 12.6. The second kappa shape index (κ2) is 11.9. The molecule has 0 spiro atoms. The average Bonchev–Trinajstić information content (AvgIpc) is 3.66. The Morgan fingerprint density at radius 1 is 0.675 bits per heavy atom. The van der Waals surface area contributed by atoms with Gasteiger partial charge in [0.1, 0.15) is 11.7 Å². The Hall–Kier alpha value is -5.59. The lowest BCUT2D eigenvalue weighted by molar-refractivity contribution is 0.261. The Kier molecular flexibility index (Phi) is 7.72. The van der Waals surface area contributed by atoms with Crippen LogP contribution in [0, 0.1) is 0 Å². The monoisotopic (exact) mass is 539 g/mol. The van der Waals surface area contributed by atoms with E-state index in [2.05, 4.69) is 46.9 Å². The second-order valence-corrected chi connectivity index (χ2v) is 8.90. The lowest BCUT2D eigenvalue weighted by Crippen LogP contribution is -2.23. The molecule has 0 saturated heterocycles. The molecule has 5 rings (SSSR count). The fourth-order valence-electron chi connectivity index (χ4n) is 4.13. The first-order valence-corrected chi connectivity index (χ1v) is 12.6. The van der Waals surface area contributed by atoms with Crippen LogP contribution in [0.2, 0.25) is 0 Å². The van der Waals surface area contributed by atoms with Gasteiger partial charge in [0.15, 0.2) is 5.96 Å². The van der Waals surface area contributed by atoms with Crippen molar-refractivity contribution in [2.45, 2.75) is 0 Å². The van der Waals surface area contributed by atoms with Gasteiger partial charge in [-0.25, -0.2) is 14.6 Å². The van der Waals surface area contributed by atoms with Crippen LogP contribution in [0.4, 0.5) is 38.0 Å². The maximum absolute atomic E-state index is 12.8. The number of guanidine groups is 1. The van der Waals surface area contributed by atoms with Gasteiger partial charge in [-0.1, -0.05) is 0 Å². The summed E-state index contributed by atoms with van der Waals surface area (Å²) in [5.74, 6) is 1.50. The molecule has 0 aromatic heterocycles. The molecule has 0 atom stereocenters. The van der Waals surface area contributed by atoms with Crippen molar-refractivity contribution >= 4 is 58.1 Å². The number of nitrogens with two attached hydrogens (primary N) is 2. The van der Waals surface area contributed by atoms with Crippen molar-refractivity contribution in [2.75, 3.05) is 47.4 Å².